The van der Waals surface area contributed by atoms with Crippen molar-refractivity contribution in [2.45, 2.75) is 19.4 Å². The first-order valence-corrected chi connectivity index (χ1v) is 11.5. The van der Waals surface area contributed by atoms with Gasteiger partial charge in [-0.25, -0.2) is 14.6 Å². The Balaban J connectivity index is 1.82. The number of hydrazone groups is 1. The molecular formula is C25H25N3O5S. The largest absolute Gasteiger partial charge is 0.493 e. The smallest absolute Gasteiger partial charge is 0.345 e. The third-order valence-corrected chi connectivity index (χ3v) is 6.81. The first-order chi connectivity index (χ1) is 16.4. The molecule has 0 spiro atoms. The number of carboxylic acid groups (broad SMARTS) is 1. The molecule has 1 aliphatic rings. The van der Waals surface area contributed by atoms with Crippen molar-refractivity contribution in [1.82, 2.24) is 10.3 Å². The lowest BCUT2D eigenvalue weighted by molar-refractivity contribution is 0.0702. The number of thiophene rings is 1. The van der Waals surface area contributed by atoms with Crippen LogP contribution in [0.5, 0.6) is 11.5 Å². The fraction of sp³-hybridized carbons (Fsp3) is 0.240. The summed E-state index contributed by atoms with van der Waals surface area (Å²) in [5, 5.41) is 18.1. The van der Waals surface area contributed by atoms with Gasteiger partial charge in [-0.2, -0.15) is 5.10 Å². The van der Waals surface area contributed by atoms with Crippen molar-refractivity contribution in [2.24, 2.45) is 5.10 Å². The Morgan fingerprint density at radius 1 is 1.06 bits per heavy atom. The number of amides is 2. The van der Waals surface area contributed by atoms with E-state index in [4.69, 9.17) is 14.6 Å². The summed E-state index contributed by atoms with van der Waals surface area (Å²) < 4.78 is 11.0. The van der Waals surface area contributed by atoms with Crippen LogP contribution in [0, 0.1) is 0 Å². The molecule has 1 aliphatic heterocycles. The lowest BCUT2D eigenvalue weighted by Crippen LogP contribution is -2.41. The molecule has 176 valence electrons. The Morgan fingerprint density at radius 2 is 1.71 bits per heavy atom. The topological polar surface area (TPSA) is 100 Å². The Kier molecular flexibility index (Phi) is 6.56. The monoisotopic (exact) mass is 479 g/mol. The van der Waals surface area contributed by atoms with E-state index in [9.17, 15) is 14.7 Å². The molecule has 2 N–H and O–H groups in total. The fourth-order valence-corrected chi connectivity index (χ4v) is 4.80. The van der Waals surface area contributed by atoms with Crippen LogP contribution < -0.4 is 14.8 Å². The highest BCUT2D eigenvalue weighted by Crippen LogP contribution is 2.35. The third kappa shape index (κ3) is 4.34. The van der Waals surface area contributed by atoms with Crippen LogP contribution in [0.15, 0.2) is 53.6 Å². The summed E-state index contributed by atoms with van der Waals surface area (Å²) in [6, 6.07) is 14.4. The summed E-state index contributed by atoms with van der Waals surface area (Å²) >= 11 is 1.22. The number of urea groups is 1. The number of benzene rings is 2. The summed E-state index contributed by atoms with van der Waals surface area (Å²) in [6.07, 6.45) is 0.585. The zero-order valence-electron chi connectivity index (χ0n) is 19.3. The Bertz CT molecular complexity index is 1270. The van der Waals surface area contributed by atoms with Gasteiger partial charge in [-0.15, -0.1) is 11.3 Å². The Labute approximate surface area is 201 Å². The van der Waals surface area contributed by atoms with Crippen LogP contribution in [0.2, 0.25) is 0 Å². The van der Waals surface area contributed by atoms with E-state index in [-0.39, 0.29) is 17.0 Å². The number of rotatable bonds is 5. The molecule has 0 fully saturated rings. The van der Waals surface area contributed by atoms with Crippen LogP contribution >= 0.6 is 11.3 Å². The van der Waals surface area contributed by atoms with Crippen LogP contribution in [0.3, 0.4) is 0 Å². The zero-order valence-corrected chi connectivity index (χ0v) is 20.1. The molecule has 0 bridgehead atoms. The highest BCUT2D eigenvalue weighted by atomic mass is 32.1. The van der Waals surface area contributed by atoms with Gasteiger partial charge in [0.05, 0.1) is 26.0 Å². The molecule has 1 atom stereocenters. The second-order valence-electron chi connectivity index (χ2n) is 7.81. The van der Waals surface area contributed by atoms with Crippen LogP contribution in [0.1, 0.15) is 33.3 Å². The molecule has 0 radical (unpaired) electrons. The van der Waals surface area contributed by atoms with Crippen molar-refractivity contribution in [1.29, 1.82) is 0 Å². The van der Waals surface area contributed by atoms with E-state index in [2.05, 4.69) is 5.32 Å². The number of hydrogen-bond donors (Lipinski definition) is 2. The predicted octanol–water partition coefficient (Wildman–Crippen LogP) is 4.47. The van der Waals surface area contributed by atoms with Crippen molar-refractivity contribution in [2.75, 3.05) is 21.3 Å². The highest BCUT2D eigenvalue weighted by Gasteiger charge is 2.28. The van der Waals surface area contributed by atoms with Gasteiger partial charge in [0.15, 0.2) is 11.5 Å². The van der Waals surface area contributed by atoms with Crippen LogP contribution in [-0.2, 0) is 6.42 Å². The molecule has 0 aliphatic carbocycles. The van der Waals surface area contributed by atoms with Gasteiger partial charge in [0.2, 0.25) is 0 Å². The predicted molar refractivity (Wildman–Crippen MR) is 131 cm³/mol. The summed E-state index contributed by atoms with van der Waals surface area (Å²) in [5.74, 6) is 0.250. The Morgan fingerprint density at radius 3 is 2.29 bits per heavy atom. The van der Waals surface area contributed by atoms with Gasteiger partial charge in [-0.1, -0.05) is 24.3 Å². The van der Waals surface area contributed by atoms with Crippen LogP contribution in [0.4, 0.5) is 4.79 Å². The quantitative estimate of drug-likeness (QED) is 0.562. The van der Waals surface area contributed by atoms with E-state index in [1.807, 2.05) is 43.3 Å². The average molecular weight is 480 g/mol. The lowest BCUT2D eigenvalue weighted by atomic mass is 9.93. The molecular weight excluding hydrogens is 454 g/mol. The van der Waals surface area contributed by atoms with E-state index in [0.29, 0.717) is 23.6 Å². The molecule has 3 aromatic rings. The van der Waals surface area contributed by atoms with Gasteiger partial charge in [-0.3, -0.25) is 0 Å². The maximum Gasteiger partial charge on any atom is 0.345 e. The summed E-state index contributed by atoms with van der Waals surface area (Å²) in [7, 11) is 4.75. The average Bonchev–Trinajstić information content (AvgIpc) is 3.30. The number of fused-ring (bicyclic) bond motifs is 1. The molecule has 9 heteroatoms. The normalized spacial score (nSPS) is 15.1. The standard InChI is InChI=1S/C25H25N3O5S/c1-14-11-17-12-19(32-3)20(33-4)13-18(17)23(27-28(14)25(31)26-2)16-7-5-15(6-8-16)21-9-10-22(34-21)24(29)30/h5-10,12-14H,11H2,1-4H3,(H,26,31)(H,29,30). The van der Waals surface area contributed by atoms with Gasteiger partial charge < -0.3 is 19.9 Å². The molecule has 2 heterocycles. The first-order valence-electron chi connectivity index (χ1n) is 10.6. The van der Waals surface area contributed by atoms with Crippen molar-refractivity contribution >= 4 is 29.0 Å². The van der Waals surface area contributed by atoms with Gasteiger partial charge in [-0.05, 0) is 48.7 Å². The summed E-state index contributed by atoms with van der Waals surface area (Å²) in [4.78, 5) is 25.0. The minimum absolute atomic E-state index is 0.186. The fourth-order valence-electron chi connectivity index (χ4n) is 3.95. The van der Waals surface area contributed by atoms with Crippen molar-refractivity contribution in [3.8, 4) is 21.9 Å². The number of carbonyl (C=O) groups is 2. The molecule has 0 saturated heterocycles. The van der Waals surface area contributed by atoms with E-state index < -0.39 is 5.97 Å². The number of methoxy groups -OCH3 is 2. The summed E-state index contributed by atoms with van der Waals surface area (Å²) in [6.45, 7) is 1.95. The van der Waals surface area contributed by atoms with Gasteiger partial charge >= 0.3 is 12.0 Å². The molecule has 4 rings (SSSR count). The minimum atomic E-state index is -0.940. The molecule has 0 saturated carbocycles. The Hall–Kier alpha value is -3.85. The summed E-state index contributed by atoms with van der Waals surface area (Å²) in [5.41, 5.74) is 4.19. The molecule has 8 nitrogen and oxygen atoms in total. The number of carbonyl (C=O) groups excluding carboxylic acids is 1. The maximum absolute atomic E-state index is 12.6. The van der Waals surface area contributed by atoms with Crippen LogP contribution in [-0.4, -0.2) is 55.1 Å². The molecule has 34 heavy (non-hydrogen) atoms. The van der Waals surface area contributed by atoms with Gasteiger partial charge in [0.1, 0.15) is 4.88 Å². The number of aromatic carboxylic acids is 1. The number of ether oxygens (including phenoxy) is 2. The first kappa shape index (κ1) is 23.3. The number of nitrogens with one attached hydrogen (secondary N) is 1. The van der Waals surface area contributed by atoms with Crippen molar-refractivity contribution in [3.05, 3.63) is 70.1 Å². The zero-order chi connectivity index (χ0) is 24.4. The van der Waals surface area contributed by atoms with Crippen LogP contribution in [0.25, 0.3) is 10.4 Å². The molecule has 1 aromatic heterocycles. The second kappa shape index (κ2) is 9.56. The van der Waals surface area contributed by atoms with E-state index in [1.54, 1.807) is 33.4 Å². The second-order valence-corrected chi connectivity index (χ2v) is 8.90. The van der Waals surface area contributed by atoms with E-state index in [0.717, 1.165) is 27.1 Å². The molecule has 2 amide bonds. The van der Waals surface area contributed by atoms with E-state index >= 15 is 0 Å². The maximum atomic E-state index is 12.6. The molecule has 1 unspecified atom stereocenters. The third-order valence-electron chi connectivity index (χ3n) is 5.69. The SMILES string of the molecule is CNC(=O)N1N=C(c2ccc(-c3ccc(C(=O)O)s3)cc2)c2cc(OC)c(OC)cc2CC1C. The van der Waals surface area contributed by atoms with Gasteiger partial charge in [0, 0.05) is 23.1 Å². The van der Waals surface area contributed by atoms with Gasteiger partial charge in [0.25, 0.3) is 0 Å². The van der Waals surface area contributed by atoms with E-state index in [1.165, 1.54) is 16.3 Å². The number of hydrogen-bond acceptors (Lipinski definition) is 6. The lowest BCUT2D eigenvalue weighted by Gasteiger charge is -2.22. The minimum Gasteiger partial charge on any atom is -0.493 e. The molecule has 2 aromatic carbocycles. The van der Waals surface area contributed by atoms with Crippen molar-refractivity contribution < 1.29 is 24.2 Å². The highest BCUT2D eigenvalue weighted by molar-refractivity contribution is 7.17. The number of nitrogens with zero attached hydrogens (tertiary/aromatic N) is 2. The van der Waals surface area contributed by atoms with Crippen molar-refractivity contribution in [3.63, 3.8) is 0 Å². The number of carboxylic acids is 1.